The van der Waals surface area contributed by atoms with E-state index in [9.17, 15) is 23.3 Å². The Bertz CT molecular complexity index is 1120. The fourth-order valence-corrected chi connectivity index (χ4v) is 5.45. The van der Waals surface area contributed by atoms with Crippen LogP contribution in [-0.2, 0) is 19.3 Å². The van der Waals surface area contributed by atoms with Gasteiger partial charge >= 0.3 is 0 Å². The highest BCUT2D eigenvalue weighted by Crippen LogP contribution is 2.34. The number of nitrogens with zero attached hydrogens (tertiary/aromatic N) is 2. The maximum atomic E-state index is 13.0. The molecule has 0 aliphatic carbocycles. The van der Waals surface area contributed by atoms with Crippen LogP contribution in [0.5, 0.6) is 0 Å². The molecule has 0 aromatic heterocycles. The number of benzene rings is 2. The second-order valence-electron chi connectivity index (χ2n) is 7.30. The molecule has 2 aromatic carbocycles. The number of nitro benzene ring substituents is 1. The third-order valence-corrected chi connectivity index (χ3v) is 7.79. The van der Waals surface area contributed by atoms with E-state index >= 15 is 0 Å². The maximum Gasteiger partial charge on any atom is 0.289 e. The topological polar surface area (TPSA) is 116 Å². The monoisotopic (exact) mass is 510 g/mol. The van der Waals surface area contributed by atoms with Crippen molar-refractivity contribution in [2.45, 2.75) is 28.4 Å². The van der Waals surface area contributed by atoms with Crippen molar-refractivity contribution in [1.29, 1.82) is 0 Å². The van der Waals surface area contributed by atoms with E-state index < -0.39 is 37.0 Å². The lowest BCUT2D eigenvalue weighted by atomic mass is 10.0. The van der Waals surface area contributed by atoms with Crippen LogP contribution in [0.25, 0.3) is 0 Å². The third-order valence-electron chi connectivity index (χ3n) is 5.44. The summed E-state index contributed by atoms with van der Waals surface area (Å²) >= 11 is 3.23. The lowest BCUT2D eigenvalue weighted by Gasteiger charge is -2.37. The Morgan fingerprint density at radius 2 is 1.68 bits per heavy atom. The average molecular weight is 511 g/mol. The van der Waals surface area contributed by atoms with Crippen molar-refractivity contribution in [3.8, 4) is 0 Å². The summed E-state index contributed by atoms with van der Waals surface area (Å²) in [5.74, 6) is -1.05. The summed E-state index contributed by atoms with van der Waals surface area (Å²) in [4.78, 5) is 24.8. The highest BCUT2D eigenvalue weighted by molar-refractivity contribution is 9.10. The summed E-state index contributed by atoms with van der Waals surface area (Å²) in [5.41, 5.74) is -0.574. The SMILES string of the molecule is O=C(c1ccc(S(=O)(=O)c2ccc(Br)cc2)c([N+](=O)[O-])c1)N1CCC2(CC1)OCCO2. The first-order valence-corrected chi connectivity index (χ1v) is 11.9. The predicted octanol–water partition coefficient (Wildman–Crippen LogP) is 3.17. The lowest BCUT2D eigenvalue weighted by molar-refractivity contribution is -0.387. The van der Waals surface area contributed by atoms with E-state index in [-0.39, 0.29) is 10.5 Å². The molecule has 1 spiro atoms. The van der Waals surface area contributed by atoms with Gasteiger partial charge in [-0.2, -0.15) is 0 Å². The van der Waals surface area contributed by atoms with Crippen LogP contribution in [-0.4, -0.2) is 56.2 Å². The Hall–Kier alpha value is -2.34. The zero-order valence-corrected chi connectivity index (χ0v) is 18.7. The molecule has 4 rings (SSSR count). The van der Waals surface area contributed by atoms with Crippen molar-refractivity contribution in [2.24, 2.45) is 0 Å². The molecule has 0 unspecified atom stereocenters. The minimum Gasteiger partial charge on any atom is -0.347 e. The summed E-state index contributed by atoms with van der Waals surface area (Å²) < 4.78 is 37.9. The van der Waals surface area contributed by atoms with E-state index in [0.29, 0.717) is 43.6 Å². The summed E-state index contributed by atoms with van der Waals surface area (Å²) in [5, 5.41) is 11.7. The molecule has 0 atom stereocenters. The molecule has 0 N–H and O–H groups in total. The average Bonchev–Trinajstić information content (AvgIpc) is 3.21. The number of likely N-dealkylation sites (tertiary alicyclic amines) is 1. The normalized spacial score (nSPS) is 18.3. The molecule has 2 heterocycles. The van der Waals surface area contributed by atoms with Gasteiger partial charge in [-0.05, 0) is 36.4 Å². The molecule has 164 valence electrons. The minimum atomic E-state index is -4.13. The summed E-state index contributed by atoms with van der Waals surface area (Å²) in [6.07, 6.45) is 1.02. The van der Waals surface area contributed by atoms with Crippen molar-refractivity contribution in [2.75, 3.05) is 26.3 Å². The smallest absolute Gasteiger partial charge is 0.289 e. The standard InChI is InChI=1S/C20H19BrN2O7S/c21-15-2-4-16(5-3-15)31(27,28)18-6-1-14(13-17(18)23(25)26)19(24)22-9-7-20(8-10-22)29-11-12-30-20/h1-6,13H,7-12H2. The number of sulfone groups is 1. The summed E-state index contributed by atoms with van der Waals surface area (Å²) in [6, 6.07) is 9.26. The molecule has 2 fully saturated rings. The van der Waals surface area contributed by atoms with Crippen molar-refractivity contribution in [1.82, 2.24) is 4.90 Å². The van der Waals surface area contributed by atoms with Crippen LogP contribution in [0.4, 0.5) is 5.69 Å². The van der Waals surface area contributed by atoms with Crippen LogP contribution in [0.2, 0.25) is 0 Å². The van der Waals surface area contributed by atoms with Gasteiger partial charge in [-0.3, -0.25) is 14.9 Å². The zero-order chi connectivity index (χ0) is 22.2. The maximum absolute atomic E-state index is 13.0. The predicted molar refractivity (Wildman–Crippen MR) is 112 cm³/mol. The fourth-order valence-electron chi connectivity index (χ4n) is 3.78. The van der Waals surface area contributed by atoms with Crippen LogP contribution in [0, 0.1) is 10.1 Å². The molecule has 9 nitrogen and oxygen atoms in total. The van der Waals surface area contributed by atoms with Crippen molar-refractivity contribution >= 4 is 37.4 Å². The lowest BCUT2D eigenvalue weighted by Crippen LogP contribution is -2.47. The van der Waals surface area contributed by atoms with E-state index in [1.165, 1.54) is 30.3 Å². The van der Waals surface area contributed by atoms with Crippen LogP contribution >= 0.6 is 15.9 Å². The molecule has 2 saturated heterocycles. The molecular formula is C20H19BrN2O7S. The molecule has 11 heteroatoms. The number of rotatable bonds is 4. The van der Waals surface area contributed by atoms with Crippen molar-refractivity contribution < 1.29 is 27.6 Å². The number of carbonyl (C=O) groups excluding carboxylic acids is 1. The number of piperidine rings is 1. The van der Waals surface area contributed by atoms with Gasteiger partial charge in [-0.25, -0.2) is 8.42 Å². The molecule has 0 radical (unpaired) electrons. The summed E-state index contributed by atoms with van der Waals surface area (Å²) in [7, 11) is -4.13. The van der Waals surface area contributed by atoms with Gasteiger partial charge in [0.2, 0.25) is 9.84 Å². The van der Waals surface area contributed by atoms with Gasteiger partial charge in [-0.1, -0.05) is 15.9 Å². The largest absolute Gasteiger partial charge is 0.347 e. The number of hydrogen-bond donors (Lipinski definition) is 0. The van der Waals surface area contributed by atoms with Crippen LogP contribution < -0.4 is 0 Å². The molecule has 2 aromatic rings. The quantitative estimate of drug-likeness (QED) is 0.457. The van der Waals surface area contributed by atoms with Crippen LogP contribution in [0.3, 0.4) is 0 Å². The molecule has 0 bridgehead atoms. The second kappa shape index (κ2) is 8.30. The second-order valence-corrected chi connectivity index (χ2v) is 10.1. The molecule has 2 aliphatic rings. The van der Waals surface area contributed by atoms with Gasteiger partial charge in [0.15, 0.2) is 5.79 Å². The summed E-state index contributed by atoms with van der Waals surface area (Å²) in [6.45, 7) is 1.81. The number of hydrogen-bond acceptors (Lipinski definition) is 7. The minimum absolute atomic E-state index is 0.0608. The van der Waals surface area contributed by atoms with E-state index in [1.807, 2.05) is 0 Å². The molecular weight excluding hydrogens is 492 g/mol. The third kappa shape index (κ3) is 4.22. The first-order chi connectivity index (χ1) is 14.7. The van der Waals surface area contributed by atoms with E-state index in [1.54, 1.807) is 4.90 Å². The Morgan fingerprint density at radius 1 is 1.06 bits per heavy atom. The number of ether oxygens (including phenoxy) is 2. The van der Waals surface area contributed by atoms with Crippen molar-refractivity contribution in [3.05, 3.63) is 62.6 Å². The zero-order valence-electron chi connectivity index (χ0n) is 16.3. The van der Waals surface area contributed by atoms with Gasteiger partial charge in [0.25, 0.3) is 11.6 Å². The number of halogens is 1. The first-order valence-electron chi connectivity index (χ1n) is 9.58. The Morgan fingerprint density at radius 3 is 2.26 bits per heavy atom. The number of nitro groups is 1. The molecule has 0 saturated carbocycles. The van der Waals surface area contributed by atoms with Crippen molar-refractivity contribution in [3.63, 3.8) is 0 Å². The van der Waals surface area contributed by atoms with Gasteiger partial charge in [0.1, 0.15) is 4.90 Å². The Balaban J connectivity index is 1.61. The molecule has 1 amide bonds. The highest BCUT2D eigenvalue weighted by atomic mass is 79.9. The van der Waals surface area contributed by atoms with Crippen LogP contribution in [0.1, 0.15) is 23.2 Å². The van der Waals surface area contributed by atoms with Gasteiger partial charge in [-0.15, -0.1) is 0 Å². The van der Waals surface area contributed by atoms with E-state index in [0.717, 1.165) is 12.1 Å². The van der Waals surface area contributed by atoms with Gasteiger partial charge < -0.3 is 14.4 Å². The van der Waals surface area contributed by atoms with E-state index in [4.69, 9.17) is 9.47 Å². The number of amides is 1. The van der Waals surface area contributed by atoms with Gasteiger partial charge in [0, 0.05) is 42.0 Å². The highest BCUT2D eigenvalue weighted by Gasteiger charge is 2.41. The van der Waals surface area contributed by atoms with E-state index in [2.05, 4.69) is 15.9 Å². The van der Waals surface area contributed by atoms with Crippen LogP contribution in [0.15, 0.2) is 56.7 Å². The first kappa shape index (κ1) is 21.9. The number of carbonyl (C=O) groups is 1. The fraction of sp³-hybridized carbons (Fsp3) is 0.350. The Labute approximate surface area is 187 Å². The molecule has 31 heavy (non-hydrogen) atoms. The molecule has 2 aliphatic heterocycles. The van der Waals surface area contributed by atoms with Gasteiger partial charge in [0.05, 0.1) is 23.0 Å². The Kier molecular flexibility index (Phi) is 5.86.